The maximum absolute atomic E-state index is 12.8. The standard InChI is InChI=1S/C22H20N2O3S2/c1-3-24-19-13-12-15-8-5-6-11-18(15)20(19)28-22(24)23-21(25)16-9-7-10-17(14-16)29(26,27)4-2/h5-14H,3-4H2,1-2H3. The zero-order chi connectivity index (χ0) is 20.6. The number of benzene rings is 3. The lowest BCUT2D eigenvalue weighted by molar-refractivity contribution is 0.0997. The van der Waals surface area contributed by atoms with E-state index in [-0.39, 0.29) is 16.2 Å². The zero-order valence-corrected chi connectivity index (χ0v) is 17.8. The van der Waals surface area contributed by atoms with E-state index in [4.69, 9.17) is 0 Å². The molecule has 0 aliphatic rings. The van der Waals surface area contributed by atoms with E-state index in [0.717, 1.165) is 21.0 Å². The molecule has 0 unspecified atom stereocenters. The van der Waals surface area contributed by atoms with Crippen LogP contribution < -0.4 is 4.80 Å². The van der Waals surface area contributed by atoms with Crippen LogP contribution in [-0.4, -0.2) is 24.6 Å². The van der Waals surface area contributed by atoms with Crippen LogP contribution >= 0.6 is 11.3 Å². The molecule has 4 aromatic rings. The van der Waals surface area contributed by atoms with Crippen molar-refractivity contribution < 1.29 is 13.2 Å². The van der Waals surface area contributed by atoms with Crippen LogP contribution in [0.5, 0.6) is 0 Å². The van der Waals surface area contributed by atoms with Crippen molar-refractivity contribution in [1.82, 2.24) is 4.57 Å². The third-order valence-electron chi connectivity index (χ3n) is 4.91. The number of carbonyl (C=O) groups is 1. The van der Waals surface area contributed by atoms with E-state index in [1.54, 1.807) is 19.1 Å². The van der Waals surface area contributed by atoms with E-state index in [0.29, 0.717) is 11.3 Å². The first-order chi connectivity index (χ1) is 13.9. The maximum Gasteiger partial charge on any atom is 0.279 e. The molecule has 29 heavy (non-hydrogen) atoms. The van der Waals surface area contributed by atoms with Crippen molar-refractivity contribution in [3.8, 4) is 0 Å². The number of hydrogen-bond acceptors (Lipinski definition) is 4. The molecule has 0 N–H and O–H groups in total. The molecule has 0 saturated heterocycles. The number of sulfone groups is 1. The monoisotopic (exact) mass is 424 g/mol. The van der Waals surface area contributed by atoms with Crippen molar-refractivity contribution in [3.63, 3.8) is 0 Å². The Balaban J connectivity index is 1.87. The van der Waals surface area contributed by atoms with Gasteiger partial charge in [-0.05, 0) is 36.6 Å². The van der Waals surface area contributed by atoms with Gasteiger partial charge in [-0.15, -0.1) is 0 Å². The Labute approximate surface area is 172 Å². The van der Waals surface area contributed by atoms with Gasteiger partial charge in [-0.1, -0.05) is 54.7 Å². The second-order valence-corrected chi connectivity index (χ2v) is 9.87. The van der Waals surface area contributed by atoms with Gasteiger partial charge in [0, 0.05) is 17.5 Å². The van der Waals surface area contributed by atoms with E-state index in [9.17, 15) is 13.2 Å². The van der Waals surface area contributed by atoms with Crippen LogP contribution in [0.15, 0.2) is 70.6 Å². The van der Waals surface area contributed by atoms with Crippen molar-refractivity contribution in [3.05, 3.63) is 71.0 Å². The van der Waals surface area contributed by atoms with Crippen LogP contribution in [0, 0.1) is 0 Å². The molecule has 7 heteroatoms. The van der Waals surface area contributed by atoms with Gasteiger partial charge in [-0.3, -0.25) is 4.79 Å². The van der Waals surface area contributed by atoms with E-state index in [2.05, 4.69) is 29.3 Å². The number of thiazole rings is 1. The topological polar surface area (TPSA) is 68.5 Å². The molecule has 0 atom stereocenters. The quantitative estimate of drug-likeness (QED) is 0.487. The fourth-order valence-electron chi connectivity index (χ4n) is 3.33. The molecule has 0 fully saturated rings. The molecule has 148 valence electrons. The summed E-state index contributed by atoms with van der Waals surface area (Å²) < 4.78 is 27.4. The normalized spacial score (nSPS) is 12.7. The van der Waals surface area contributed by atoms with Gasteiger partial charge < -0.3 is 4.57 Å². The number of carbonyl (C=O) groups excluding carboxylic acids is 1. The second kappa shape index (κ2) is 7.57. The average molecular weight is 425 g/mol. The first kappa shape index (κ1) is 19.5. The first-order valence-electron chi connectivity index (χ1n) is 9.37. The Bertz CT molecular complexity index is 1410. The van der Waals surface area contributed by atoms with Crippen LogP contribution in [0.1, 0.15) is 24.2 Å². The Kier molecular flexibility index (Phi) is 5.10. The molecule has 5 nitrogen and oxygen atoms in total. The number of hydrogen-bond donors (Lipinski definition) is 0. The number of rotatable bonds is 4. The van der Waals surface area contributed by atoms with Gasteiger partial charge in [0.2, 0.25) is 0 Å². The van der Waals surface area contributed by atoms with Gasteiger partial charge in [0.05, 0.1) is 20.9 Å². The first-order valence-corrected chi connectivity index (χ1v) is 11.8. The summed E-state index contributed by atoms with van der Waals surface area (Å²) in [5.74, 6) is -0.461. The average Bonchev–Trinajstić information content (AvgIpc) is 3.11. The van der Waals surface area contributed by atoms with Crippen LogP contribution in [0.4, 0.5) is 0 Å². The molecule has 1 aromatic heterocycles. The minimum Gasteiger partial charge on any atom is -0.317 e. The third kappa shape index (κ3) is 3.52. The van der Waals surface area contributed by atoms with Crippen molar-refractivity contribution in [1.29, 1.82) is 0 Å². The largest absolute Gasteiger partial charge is 0.317 e. The summed E-state index contributed by atoms with van der Waals surface area (Å²) in [4.78, 5) is 17.9. The number of amides is 1. The molecule has 0 bridgehead atoms. The SMILES string of the molecule is CCn1c(=NC(=O)c2cccc(S(=O)(=O)CC)c2)sc2c3ccccc3ccc21. The summed E-state index contributed by atoms with van der Waals surface area (Å²) in [5, 5.41) is 2.27. The molecule has 0 radical (unpaired) electrons. The molecular formula is C22H20N2O3S2. The fourth-order valence-corrected chi connectivity index (χ4v) is 5.48. The summed E-state index contributed by atoms with van der Waals surface area (Å²) >= 11 is 1.47. The van der Waals surface area contributed by atoms with Gasteiger partial charge in [0.1, 0.15) is 0 Å². The summed E-state index contributed by atoms with van der Waals surface area (Å²) in [5.41, 5.74) is 1.30. The Morgan fingerprint density at radius 3 is 2.59 bits per heavy atom. The van der Waals surface area contributed by atoms with Gasteiger partial charge in [-0.25, -0.2) is 8.42 Å². The van der Waals surface area contributed by atoms with Crippen molar-refractivity contribution in [2.75, 3.05) is 5.75 Å². The molecule has 4 rings (SSSR count). The fraction of sp³-hybridized carbons (Fsp3) is 0.182. The van der Waals surface area contributed by atoms with Gasteiger partial charge in [-0.2, -0.15) is 4.99 Å². The minimum absolute atomic E-state index is 0.0129. The highest BCUT2D eigenvalue weighted by Crippen LogP contribution is 2.27. The lowest BCUT2D eigenvalue weighted by atomic mass is 10.1. The Hall–Kier alpha value is -2.77. The molecule has 0 spiro atoms. The number of aryl methyl sites for hydroxylation is 1. The molecule has 0 aliphatic heterocycles. The molecule has 1 heterocycles. The highest BCUT2D eigenvalue weighted by atomic mass is 32.2. The number of fused-ring (bicyclic) bond motifs is 3. The van der Waals surface area contributed by atoms with Crippen molar-refractivity contribution in [2.45, 2.75) is 25.3 Å². The van der Waals surface area contributed by atoms with Gasteiger partial charge in [0.15, 0.2) is 14.6 Å². The maximum atomic E-state index is 12.8. The summed E-state index contributed by atoms with van der Waals surface area (Å²) in [6.45, 7) is 4.27. The molecule has 0 aliphatic carbocycles. The zero-order valence-electron chi connectivity index (χ0n) is 16.1. The van der Waals surface area contributed by atoms with Crippen molar-refractivity contribution >= 4 is 48.1 Å². The van der Waals surface area contributed by atoms with E-state index >= 15 is 0 Å². The highest BCUT2D eigenvalue weighted by Gasteiger charge is 2.15. The number of nitrogens with zero attached hydrogens (tertiary/aromatic N) is 2. The second-order valence-electron chi connectivity index (χ2n) is 6.61. The Morgan fingerprint density at radius 2 is 1.83 bits per heavy atom. The Morgan fingerprint density at radius 1 is 1.03 bits per heavy atom. The van der Waals surface area contributed by atoms with Gasteiger partial charge >= 0.3 is 0 Å². The van der Waals surface area contributed by atoms with Gasteiger partial charge in [0.25, 0.3) is 5.91 Å². The van der Waals surface area contributed by atoms with Crippen LogP contribution in [0.3, 0.4) is 0 Å². The summed E-state index contributed by atoms with van der Waals surface area (Å²) in [7, 11) is -3.38. The molecule has 1 amide bonds. The minimum atomic E-state index is -3.38. The van der Waals surface area contributed by atoms with Crippen LogP contribution in [0.25, 0.3) is 21.0 Å². The predicted octanol–water partition coefficient (Wildman–Crippen LogP) is 4.41. The van der Waals surface area contributed by atoms with Crippen molar-refractivity contribution in [2.24, 2.45) is 4.99 Å². The third-order valence-corrected chi connectivity index (χ3v) is 7.77. The highest BCUT2D eigenvalue weighted by molar-refractivity contribution is 7.91. The molecule has 3 aromatic carbocycles. The predicted molar refractivity (Wildman–Crippen MR) is 117 cm³/mol. The molecular weight excluding hydrogens is 404 g/mol. The van der Waals surface area contributed by atoms with Crippen LogP contribution in [0.2, 0.25) is 0 Å². The smallest absolute Gasteiger partial charge is 0.279 e. The number of aromatic nitrogens is 1. The molecule has 0 saturated carbocycles. The lowest BCUT2D eigenvalue weighted by Gasteiger charge is -2.03. The van der Waals surface area contributed by atoms with E-state index in [1.165, 1.54) is 23.5 Å². The summed E-state index contributed by atoms with van der Waals surface area (Å²) in [6.07, 6.45) is 0. The summed E-state index contributed by atoms with van der Waals surface area (Å²) in [6, 6.07) is 18.3. The van der Waals surface area contributed by atoms with Crippen LogP contribution in [-0.2, 0) is 16.4 Å². The van der Waals surface area contributed by atoms with E-state index in [1.807, 2.05) is 23.6 Å². The van der Waals surface area contributed by atoms with E-state index < -0.39 is 15.7 Å². The lowest BCUT2D eigenvalue weighted by Crippen LogP contribution is -2.16.